The molecule has 1 aliphatic rings. The fraction of sp³-hybridized carbons (Fsp3) is 0.533. The van der Waals surface area contributed by atoms with Crippen molar-refractivity contribution in [2.24, 2.45) is 0 Å². The monoisotopic (exact) mass is 262 g/mol. The van der Waals surface area contributed by atoms with E-state index in [4.69, 9.17) is 5.11 Å². The van der Waals surface area contributed by atoms with Crippen LogP contribution in [0.2, 0.25) is 0 Å². The summed E-state index contributed by atoms with van der Waals surface area (Å²) in [4.78, 5) is 12.4. The summed E-state index contributed by atoms with van der Waals surface area (Å²) in [6, 6.07) is 8.74. The highest BCUT2D eigenvalue weighted by molar-refractivity contribution is 5.65. The molecule has 1 fully saturated rings. The Bertz CT molecular complexity index is 430. The minimum atomic E-state index is -0.853. The van der Waals surface area contributed by atoms with Crippen LogP contribution in [-0.4, -0.2) is 42.3 Å². The third-order valence-electron chi connectivity index (χ3n) is 4.04. The van der Waals surface area contributed by atoms with Gasteiger partial charge in [0.1, 0.15) is 0 Å². The molecule has 104 valence electrons. The number of nitrogens with zero attached hydrogens (tertiary/aromatic N) is 1. The molecule has 1 amide bonds. The molecule has 1 aromatic carbocycles. The average Bonchev–Trinajstić information content (AvgIpc) is 2.46. The highest BCUT2D eigenvalue weighted by atomic mass is 16.4. The van der Waals surface area contributed by atoms with Gasteiger partial charge in [-0.2, -0.15) is 0 Å². The predicted octanol–water partition coefficient (Wildman–Crippen LogP) is 2.30. The van der Waals surface area contributed by atoms with Crippen LogP contribution in [0.4, 0.5) is 4.79 Å². The minimum absolute atomic E-state index is 0.0575. The molecule has 0 aromatic heterocycles. The molecule has 1 aromatic rings. The second-order valence-corrected chi connectivity index (χ2v) is 5.23. The molecule has 2 N–H and O–H groups in total. The summed E-state index contributed by atoms with van der Waals surface area (Å²) in [7, 11) is 1.65. The van der Waals surface area contributed by atoms with Gasteiger partial charge in [-0.05, 0) is 29.9 Å². The Morgan fingerprint density at radius 2 is 2.05 bits per heavy atom. The summed E-state index contributed by atoms with van der Waals surface area (Å²) in [6.45, 7) is 3.82. The summed E-state index contributed by atoms with van der Waals surface area (Å²) < 4.78 is 0. The van der Waals surface area contributed by atoms with Gasteiger partial charge in [0.25, 0.3) is 0 Å². The number of carbonyl (C=O) groups is 1. The Balaban J connectivity index is 2.05. The predicted molar refractivity (Wildman–Crippen MR) is 75.6 cm³/mol. The third-order valence-corrected chi connectivity index (χ3v) is 4.04. The molecule has 2 rings (SSSR count). The van der Waals surface area contributed by atoms with Crippen LogP contribution in [0.3, 0.4) is 0 Å². The number of amides is 1. The number of rotatable bonds is 3. The lowest BCUT2D eigenvalue weighted by Crippen LogP contribution is -2.48. The maximum absolute atomic E-state index is 11.0. The molecule has 0 aliphatic carbocycles. The van der Waals surface area contributed by atoms with E-state index >= 15 is 0 Å². The van der Waals surface area contributed by atoms with Crippen LogP contribution in [0.1, 0.15) is 30.4 Å². The van der Waals surface area contributed by atoms with Gasteiger partial charge in [-0.1, -0.05) is 31.2 Å². The summed E-state index contributed by atoms with van der Waals surface area (Å²) >= 11 is 0. The number of likely N-dealkylation sites (N-methyl/N-ethyl adjacent to an activating group) is 1. The average molecular weight is 262 g/mol. The Labute approximate surface area is 114 Å². The lowest BCUT2D eigenvalue weighted by Gasteiger charge is -2.34. The second-order valence-electron chi connectivity index (χ2n) is 5.23. The van der Waals surface area contributed by atoms with Crippen molar-refractivity contribution >= 4 is 6.09 Å². The number of hydrogen-bond donors (Lipinski definition) is 2. The first-order chi connectivity index (χ1) is 9.11. The van der Waals surface area contributed by atoms with Gasteiger partial charge < -0.3 is 15.3 Å². The molecule has 4 heteroatoms. The second kappa shape index (κ2) is 6.06. The molecule has 0 spiro atoms. The van der Waals surface area contributed by atoms with Crippen molar-refractivity contribution in [1.82, 2.24) is 10.2 Å². The van der Waals surface area contributed by atoms with Gasteiger partial charge in [0.2, 0.25) is 0 Å². The van der Waals surface area contributed by atoms with Crippen LogP contribution in [0.25, 0.3) is 0 Å². The van der Waals surface area contributed by atoms with Crippen molar-refractivity contribution in [2.45, 2.75) is 31.7 Å². The van der Waals surface area contributed by atoms with Gasteiger partial charge in [-0.25, -0.2) is 4.79 Å². The van der Waals surface area contributed by atoms with Crippen LogP contribution in [0.5, 0.6) is 0 Å². The van der Waals surface area contributed by atoms with Gasteiger partial charge >= 0.3 is 6.09 Å². The molecule has 1 saturated heterocycles. The molecule has 0 radical (unpaired) electrons. The lowest BCUT2D eigenvalue weighted by molar-refractivity contribution is 0.127. The molecule has 4 nitrogen and oxygen atoms in total. The van der Waals surface area contributed by atoms with Crippen molar-refractivity contribution in [1.29, 1.82) is 0 Å². The highest BCUT2D eigenvalue weighted by Crippen LogP contribution is 2.25. The number of nitrogens with one attached hydrogen (secondary N) is 1. The van der Waals surface area contributed by atoms with E-state index in [-0.39, 0.29) is 6.04 Å². The summed E-state index contributed by atoms with van der Waals surface area (Å²) in [5.41, 5.74) is 2.64. The zero-order chi connectivity index (χ0) is 13.8. The number of carboxylic acid groups (broad SMARTS) is 1. The van der Waals surface area contributed by atoms with Crippen LogP contribution >= 0.6 is 0 Å². The topological polar surface area (TPSA) is 52.6 Å². The first kappa shape index (κ1) is 13.9. The van der Waals surface area contributed by atoms with Gasteiger partial charge in [-0.3, -0.25) is 0 Å². The lowest BCUT2D eigenvalue weighted by atomic mass is 9.88. The van der Waals surface area contributed by atoms with Crippen LogP contribution in [-0.2, 0) is 6.42 Å². The maximum atomic E-state index is 11.0. The van der Waals surface area contributed by atoms with Crippen molar-refractivity contribution in [3.63, 3.8) is 0 Å². The Morgan fingerprint density at radius 3 is 2.63 bits per heavy atom. The molecule has 2 atom stereocenters. The standard InChI is InChI=1S/C15H22N2O2/c1-3-11-4-6-12(7-5-11)13-8-14(10-16-9-13)17(2)15(18)19/h4-7,13-14,16H,3,8-10H2,1-2H3,(H,18,19). The van der Waals surface area contributed by atoms with E-state index < -0.39 is 6.09 Å². The number of benzene rings is 1. The van der Waals surface area contributed by atoms with Gasteiger partial charge in [-0.15, -0.1) is 0 Å². The highest BCUT2D eigenvalue weighted by Gasteiger charge is 2.27. The number of piperidine rings is 1. The van der Waals surface area contributed by atoms with Crippen LogP contribution in [0.15, 0.2) is 24.3 Å². The van der Waals surface area contributed by atoms with Crippen molar-refractivity contribution in [2.75, 3.05) is 20.1 Å². The first-order valence-corrected chi connectivity index (χ1v) is 6.87. The molecule has 0 saturated carbocycles. The maximum Gasteiger partial charge on any atom is 0.407 e. The van der Waals surface area contributed by atoms with Gasteiger partial charge in [0, 0.05) is 26.2 Å². The van der Waals surface area contributed by atoms with Crippen LogP contribution in [0, 0.1) is 0 Å². The molecule has 0 bridgehead atoms. The number of hydrogen-bond acceptors (Lipinski definition) is 2. The number of aryl methyl sites for hydroxylation is 1. The van der Waals surface area contributed by atoms with Crippen LogP contribution < -0.4 is 5.32 Å². The molecular weight excluding hydrogens is 240 g/mol. The van der Waals surface area contributed by atoms with Crippen molar-refractivity contribution in [3.8, 4) is 0 Å². The van der Waals surface area contributed by atoms with E-state index in [1.165, 1.54) is 16.0 Å². The largest absolute Gasteiger partial charge is 0.465 e. The first-order valence-electron chi connectivity index (χ1n) is 6.87. The molecule has 2 unspecified atom stereocenters. The van der Waals surface area contributed by atoms with E-state index in [2.05, 4.69) is 36.5 Å². The van der Waals surface area contributed by atoms with E-state index in [1.54, 1.807) is 7.05 Å². The zero-order valence-corrected chi connectivity index (χ0v) is 11.6. The normalized spacial score (nSPS) is 23.1. The van der Waals surface area contributed by atoms with Gasteiger partial charge in [0.15, 0.2) is 0 Å². The minimum Gasteiger partial charge on any atom is -0.465 e. The van der Waals surface area contributed by atoms with E-state index in [0.717, 1.165) is 25.9 Å². The Kier molecular flexibility index (Phi) is 4.43. The Morgan fingerprint density at radius 1 is 1.37 bits per heavy atom. The fourth-order valence-electron chi connectivity index (χ4n) is 2.65. The van der Waals surface area contributed by atoms with Crippen molar-refractivity contribution < 1.29 is 9.90 Å². The SMILES string of the molecule is CCc1ccc(C2CNCC(N(C)C(=O)O)C2)cc1. The summed E-state index contributed by atoms with van der Waals surface area (Å²) in [5.74, 6) is 0.395. The smallest absolute Gasteiger partial charge is 0.407 e. The summed E-state index contributed by atoms with van der Waals surface area (Å²) in [6.07, 6.45) is 1.09. The van der Waals surface area contributed by atoms with Gasteiger partial charge in [0.05, 0.1) is 0 Å². The molecule has 19 heavy (non-hydrogen) atoms. The van der Waals surface area contributed by atoms with Crippen molar-refractivity contribution in [3.05, 3.63) is 35.4 Å². The Hall–Kier alpha value is -1.55. The molecule has 1 heterocycles. The molecular formula is C15H22N2O2. The zero-order valence-electron chi connectivity index (χ0n) is 11.6. The molecule has 1 aliphatic heterocycles. The quantitative estimate of drug-likeness (QED) is 0.879. The van der Waals surface area contributed by atoms with E-state index in [0.29, 0.717) is 5.92 Å². The van der Waals surface area contributed by atoms with E-state index in [9.17, 15) is 4.79 Å². The third kappa shape index (κ3) is 3.26. The summed E-state index contributed by atoms with van der Waals surface area (Å²) in [5, 5.41) is 12.4. The van der Waals surface area contributed by atoms with E-state index in [1.807, 2.05) is 0 Å². The fourth-order valence-corrected chi connectivity index (χ4v) is 2.65.